The van der Waals surface area contributed by atoms with Crippen molar-refractivity contribution in [3.8, 4) is 0 Å². The number of carbonyl (C=O) groups excluding carboxylic acids is 1. The van der Waals surface area contributed by atoms with Crippen LogP contribution >= 0.6 is 0 Å². The molecule has 1 heterocycles. The van der Waals surface area contributed by atoms with Crippen molar-refractivity contribution in [1.29, 1.82) is 0 Å². The van der Waals surface area contributed by atoms with Gasteiger partial charge in [0.1, 0.15) is 0 Å². The molecule has 1 atom stereocenters. The smallest absolute Gasteiger partial charge is 0.329 e. The molecule has 1 unspecified atom stereocenters. The zero-order chi connectivity index (χ0) is 9.10. The molecule has 0 aromatic heterocycles. The summed E-state index contributed by atoms with van der Waals surface area (Å²) < 4.78 is 0. The third kappa shape index (κ3) is 1.75. The first-order valence-electron chi connectivity index (χ1n) is 4.24. The number of carbonyl (C=O) groups is 1. The summed E-state index contributed by atoms with van der Waals surface area (Å²) in [5.41, 5.74) is 1.13. The fraction of sp³-hybridized carbons (Fsp3) is 0.200. The van der Waals surface area contributed by atoms with E-state index in [1.54, 1.807) is 6.21 Å². The van der Waals surface area contributed by atoms with Gasteiger partial charge in [0.2, 0.25) is 0 Å². The van der Waals surface area contributed by atoms with Crippen LogP contribution in [0, 0.1) is 0 Å². The van der Waals surface area contributed by atoms with Gasteiger partial charge in [-0.25, -0.2) is 9.79 Å². The first-order chi connectivity index (χ1) is 6.36. The highest BCUT2D eigenvalue weighted by Gasteiger charge is 2.15. The lowest BCUT2D eigenvalue weighted by Gasteiger charge is -2.18. The predicted molar refractivity (Wildman–Crippen MR) is 50.8 cm³/mol. The van der Waals surface area contributed by atoms with E-state index < -0.39 is 0 Å². The lowest BCUT2D eigenvalue weighted by Crippen LogP contribution is -2.29. The number of nitrogens with zero attached hydrogens (tertiary/aromatic N) is 1. The fourth-order valence-electron chi connectivity index (χ4n) is 1.39. The maximum absolute atomic E-state index is 10.9. The molecule has 1 aromatic carbocycles. The summed E-state index contributed by atoms with van der Waals surface area (Å²) in [7, 11) is 0. The van der Waals surface area contributed by atoms with Crippen LogP contribution < -0.4 is 5.32 Å². The van der Waals surface area contributed by atoms with Crippen LogP contribution in [0.5, 0.6) is 0 Å². The average molecular weight is 174 g/mol. The SMILES string of the molecule is O=C1N=CCC(c2ccccc2)N1. The Morgan fingerprint density at radius 3 is 2.77 bits per heavy atom. The third-order valence-corrected chi connectivity index (χ3v) is 2.05. The first-order valence-corrected chi connectivity index (χ1v) is 4.24. The highest BCUT2D eigenvalue weighted by molar-refractivity contribution is 5.86. The van der Waals surface area contributed by atoms with Crippen LogP contribution in [-0.4, -0.2) is 12.2 Å². The van der Waals surface area contributed by atoms with E-state index in [1.807, 2.05) is 30.3 Å². The molecule has 3 heteroatoms. The molecule has 0 radical (unpaired) electrons. The summed E-state index contributed by atoms with van der Waals surface area (Å²) in [4.78, 5) is 14.6. The van der Waals surface area contributed by atoms with E-state index in [-0.39, 0.29) is 12.1 Å². The molecular weight excluding hydrogens is 164 g/mol. The van der Waals surface area contributed by atoms with Crippen LogP contribution in [0.15, 0.2) is 35.3 Å². The molecule has 66 valence electrons. The Hall–Kier alpha value is -1.64. The van der Waals surface area contributed by atoms with Crippen LogP contribution in [0.1, 0.15) is 18.0 Å². The number of rotatable bonds is 1. The van der Waals surface area contributed by atoms with Crippen LogP contribution in [0.3, 0.4) is 0 Å². The normalized spacial score (nSPS) is 21.2. The van der Waals surface area contributed by atoms with Gasteiger partial charge in [-0.2, -0.15) is 0 Å². The van der Waals surface area contributed by atoms with Crippen molar-refractivity contribution in [2.75, 3.05) is 0 Å². The minimum atomic E-state index is -0.250. The Morgan fingerprint density at radius 2 is 2.08 bits per heavy atom. The van der Waals surface area contributed by atoms with E-state index in [0.717, 1.165) is 12.0 Å². The summed E-state index contributed by atoms with van der Waals surface area (Å²) >= 11 is 0. The number of amides is 2. The number of hydrogen-bond acceptors (Lipinski definition) is 1. The van der Waals surface area contributed by atoms with Gasteiger partial charge in [-0.05, 0) is 5.56 Å². The average Bonchev–Trinajstić information content (AvgIpc) is 2.19. The number of aliphatic imine (C=N–C) groups is 1. The Balaban J connectivity index is 2.19. The van der Waals surface area contributed by atoms with Gasteiger partial charge in [0.05, 0.1) is 6.04 Å². The lowest BCUT2D eigenvalue weighted by atomic mass is 10.0. The molecule has 1 aromatic rings. The zero-order valence-corrected chi connectivity index (χ0v) is 7.10. The van der Waals surface area contributed by atoms with Gasteiger partial charge in [-0.3, -0.25) is 0 Å². The second-order valence-corrected chi connectivity index (χ2v) is 2.96. The summed E-state index contributed by atoms with van der Waals surface area (Å²) in [6.45, 7) is 0. The van der Waals surface area contributed by atoms with Crippen molar-refractivity contribution in [1.82, 2.24) is 5.32 Å². The van der Waals surface area contributed by atoms with Crippen molar-refractivity contribution in [3.63, 3.8) is 0 Å². The number of hydrogen-bond donors (Lipinski definition) is 1. The van der Waals surface area contributed by atoms with Gasteiger partial charge in [-0.1, -0.05) is 30.3 Å². The molecule has 13 heavy (non-hydrogen) atoms. The maximum Gasteiger partial charge on any atom is 0.341 e. The standard InChI is InChI=1S/C10H10N2O/c13-10-11-7-6-9(12-10)8-4-2-1-3-5-8/h1-5,7,9H,6H2,(H,12,13). The summed E-state index contributed by atoms with van der Waals surface area (Å²) in [5.74, 6) is 0. The van der Waals surface area contributed by atoms with Crippen molar-refractivity contribution < 1.29 is 4.79 Å². The third-order valence-electron chi connectivity index (χ3n) is 2.05. The second-order valence-electron chi connectivity index (χ2n) is 2.96. The molecule has 0 fully saturated rings. The van der Waals surface area contributed by atoms with Crippen LogP contribution in [0.4, 0.5) is 4.79 Å². The van der Waals surface area contributed by atoms with Gasteiger partial charge < -0.3 is 5.32 Å². The molecular formula is C10H10N2O. The second kappa shape index (κ2) is 3.39. The molecule has 1 aliphatic rings. The fourth-order valence-corrected chi connectivity index (χ4v) is 1.39. The minimum Gasteiger partial charge on any atom is -0.329 e. The van der Waals surface area contributed by atoms with E-state index >= 15 is 0 Å². The summed E-state index contributed by atoms with van der Waals surface area (Å²) in [5, 5.41) is 2.80. The van der Waals surface area contributed by atoms with E-state index in [0.29, 0.717) is 0 Å². The van der Waals surface area contributed by atoms with Gasteiger partial charge >= 0.3 is 6.03 Å². The quantitative estimate of drug-likeness (QED) is 0.694. The summed E-state index contributed by atoms with van der Waals surface area (Å²) in [6.07, 6.45) is 2.44. The Morgan fingerprint density at radius 1 is 1.31 bits per heavy atom. The van der Waals surface area contributed by atoms with Gasteiger partial charge in [-0.15, -0.1) is 0 Å². The topological polar surface area (TPSA) is 41.5 Å². The first kappa shape index (κ1) is 7.98. The molecule has 0 aliphatic carbocycles. The van der Waals surface area contributed by atoms with Gasteiger partial charge in [0.25, 0.3) is 0 Å². The van der Waals surface area contributed by atoms with Crippen LogP contribution in [-0.2, 0) is 0 Å². The molecule has 2 rings (SSSR count). The molecule has 0 bridgehead atoms. The molecule has 0 saturated carbocycles. The van der Waals surface area contributed by atoms with E-state index in [4.69, 9.17) is 0 Å². The monoisotopic (exact) mass is 174 g/mol. The Kier molecular flexibility index (Phi) is 2.08. The number of nitrogens with one attached hydrogen (secondary N) is 1. The van der Waals surface area contributed by atoms with Crippen LogP contribution in [0.25, 0.3) is 0 Å². The highest BCUT2D eigenvalue weighted by Crippen LogP contribution is 2.17. The molecule has 0 spiro atoms. The van der Waals surface area contributed by atoms with E-state index in [2.05, 4.69) is 10.3 Å². The predicted octanol–water partition coefficient (Wildman–Crippen LogP) is 1.91. The number of urea groups is 1. The molecule has 1 aliphatic heterocycles. The molecule has 0 saturated heterocycles. The zero-order valence-electron chi connectivity index (χ0n) is 7.10. The van der Waals surface area contributed by atoms with Crippen molar-refractivity contribution in [2.24, 2.45) is 4.99 Å². The lowest BCUT2D eigenvalue weighted by molar-refractivity contribution is 0.244. The molecule has 2 amide bonds. The molecule has 3 nitrogen and oxygen atoms in total. The van der Waals surface area contributed by atoms with Crippen molar-refractivity contribution in [2.45, 2.75) is 12.5 Å². The van der Waals surface area contributed by atoms with E-state index in [9.17, 15) is 4.79 Å². The van der Waals surface area contributed by atoms with E-state index in [1.165, 1.54) is 0 Å². The summed E-state index contributed by atoms with van der Waals surface area (Å²) in [6, 6.07) is 9.74. The Labute approximate surface area is 76.5 Å². The van der Waals surface area contributed by atoms with Crippen molar-refractivity contribution in [3.05, 3.63) is 35.9 Å². The largest absolute Gasteiger partial charge is 0.341 e. The van der Waals surface area contributed by atoms with Gasteiger partial charge in [0, 0.05) is 12.6 Å². The van der Waals surface area contributed by atoms with Gasteiger partial charge in [0.15, 0.2) is 0 Å². The molecule has 1 N–H and O–H groups in total. The Bertz CT molecular complexity index is 332. The highest BCUT2D eigenvalue weighted by atomic mass is 16.2. The number of benzene rings is 1. The van der Waals surface area contributed by atoms with Crippen LogP contribution in [0.2, 0.25) is 0 Å². The van der Waals surface area contributed by atoms with Crippen molar-refractivity contribution >= 4 is 12.2 Å². The minimum absolute atomic E-state index is 0.0891. The maximum atomic E-state index is 10.9.